The molecule has 1 N–H and O–H groups in total. The zero-order valence-electron chi connectivity index (χ0n) is 9.65. The molecule has 1 fully saturated rings. The fraction of sp³-hybridized carbons (Fsp3) is 0.500. The first-order valence-corrected chi connectivity index (χ1v) is 5.93. The van der Waals surface area contributed by atoms with Crippen molar-refractivity contribution in [1.29, 1.82) is 0 Å². The molecule has 0 amide bonds. The van der Waals surface area contributed by atoms with Crippen molar-refractivity contribution in [1.82, 2.24) is 0 Å². The maximum absolute atomic E-state index is 10.9. The molecule has 1 aromatic carbocycles. The first kappa shape index (κ1) is 11.2. The summed E-state index contributed by atoms with van der Waals surface area (Å²) in [5.74, 6) is -0.163. The molecule has 0 aromatic heterocycles. The van der Waals surface area contributed by atoms with Gasteiger partial charge in [0.15, 0.2) is 0 Å². The summed E-state index contributed by atoms with van der Waals surface area (Å²) >= 11 is 0. The number of benzene rings is 1. The molecule has 0 aliphatic heterocycles. The first-order valence-electron chi connectivity index (χ1n) is 5.93. The Morgan fingerprint density at radius 2 is 2.25 bits per heavy atom. The molecule has 0 saturated heterocycles. The van der Waals surface area contributed by atoms with Crippen molar-refractivity contribution >= 4 is 5.97 Å². The monoisotopic (exact) mass is 218 g/mol. The maximum Gasteiger partial charge on any atom is 0.306 e. The van der Waals surface area contributed by atoms with Crippen molar-refractivity contribution < 1.29 is 9.90 Å². The van der Waals surface area contributed by atoms with Gasteiger partial charge < -0.3 is 5.11 Å². The third-order valence-corrected chi connectivity index (χ3v) is 3.50. The Bertz CT molecular complexity index is 384. The highest BCUT2D eigenvalue weighted by Crippen LogP contribution is 2.33. The van der Waals surface area contributed by atoms with Crippen LogP contribution in [0.25, 0.3) is 0 Å². The Morgan fingerprint density at radius 1 is 1.44 bits per heavy atom. The smallest absolute Gasteiger partial charge is 0.306 e. The zero-order chi connectivity index (χ0) is 11.5. The molecule has 2 heteroatoms. The molecule has 0 bridgehead atoms. The molecule has 2 nitrogen and oxygen atoms in total. The van der Waals surface area contributed by atoms with Crippen LogP contribution in [-0.4, -0.2) is 11.1 Å². The summed E-state index contributed by atoms with van der Waals surface area (Å²) in [7, 11) is 0. The molecule has 16 heavy (non-hydrogen) atoms. The third kappa shape index (κ3) is 2.63. The summed E-state index contributed by atoms with van der Waals surface area (Å²) in [6.45, 7) is 2.10. The van der Waals surface area contributed by atoms with Gasteiger partial charge in [-0.25, -0.2) is 0 Å². The summed E-state index contributed by atoms with van der Waals surface area (Å²) in [6.07, 6.45) is 3.80. The number of carbonyl (C=O) groups is 1. The number of rotatable bonds is 3. The van der Waals surface area contributed by atoms with E-state index in [1.807, 2.05) is 0 Å². The van der Waals surface area contributed by atoms with Crippen LogP contribution < -0.4 is 0 Å². The minimum atomic E-state index is -0.619. The molecule has 86 valence electrons. The molecule has 0 unspecified atom stereocenters. The van der Waals surface area contributed by atoms with E-state index in [-0.39, 0.29) is 5.92 Å². The number of hydrogen-bond acceptors (Lipinski definition) is 1. The molecule has 0 heterocycles. The Hall–Kier alpha value is -1.31. The van der Waals surface area contributed by atoms with E-state index in [1.54, 1.807) is 0 Å². The number of aliphatic carboxylic acids is 1. The van der Waals surface area contributed by atoms with Crippen LogP contribution in [0.3, 0.4) is 0 Å². The van der Waals surface area contributed by atoms with Crippen LogP contribution in [-0.2, 0) is 11.2 Å². The fourth-order valence-corrected chi connectivity index (χ4v) is 2.66. The molecule has 1 aliphatic carbocycles. The second kappa shape index (κ2) is 4.69. The minimum Gasteiger partial charge on any atom is -0.481 e. The average molecular weight is 218 g/mol. The van der Waals surface area contributed by atoms with Gasteiger partial charge >= 0.3 is 5.97 Å². The van der Waals surface area contributed by atoms with Crippen LogP contribution >= 0.6 is 0 Å². The summed E-state index contributed by atoms with van der Waals surface area (Å²) in [4.78, 5) is 10.9. The summed E-state index contributed by atoms with van der Waals surface area (Å²) in [5, 5.41) is 8.94. The molecule has 2 rings (SSSR count). The van der Waals surface area contributed by atoms with E-state index in [4.69, 9.17) is 5.11 Å². The molecule has 0 spiro atoms. The summed E-state index contributed by atoms with van der Waals surface area (Å²) < 4.78 is 0. The Kier molecular flexibility index (Phi) is 3.28. The van der Waals surface area contributed by atoms with Crippen molar-refractivity contribution in [3.8, 4) is 0 Å². The van der Waals surface area contributed by atoms with E-state index in [9.17, 15) is 4.79 Å². The highest BCUT2D eigenvalue weighted by molar-refractivity contribution is 5.70. The van der Waals surface area contributed by atoms with E-state index >= 15 is 0 Å². The van der Waals surface area contributed by atoms with Crippen molar-refractivity contribution in [2.24, 2.45) is 11.8 Å². The molecule has 0 radical (unpaired) electrons. The van der Waals surface area contributed by atoms with Crippen LogP contribution in [0.4, 0.5) is 0 Å². The minimum absolute atomic E-state index is 0.102. The van der Waals surface area contributed by atoms with Crippen LogP contribution in [0.15, 0.2) is 24.3 Å². The number of hydrogen-bond donors (Lipinski definition) is 1. The van der Waals surface area contributed by atoms with Gasteiger partial charge in [-0.1, -0.05) is 29.8 Å². The Balaban J connectivity index is 1.94. The van der Waals surface area contributed by atoms with Gasteiger partial charge in [0.25, 0.3) is 0 Å². The van der Waals surface area contributed by atoms with Crippen molar-refractivity contribution in [2.75, 3.05) is 0 Å². The Morgan fingerprint density at radius 3 is 2.88 bits per heavy atom. The van der Waals surface area contributed by atoms with Gasteiger partial charge in [-0.05, 0) is 44.1 Å². The molecule has 1 aliphatic rings. The van der Waals surface area contributed by atoms with E-state index < -0.39 is 5.97 Å². The van der Waals surface area contributed by atoms with Gasteiger partial charge in [0.05, 0.1) is 5.92 Å². The number of carboxylic acids is 1. The van der Waals surface area contributed by atoms with Gasteiger partial charge in [0.1, 0.15) is 0 Å². The van der Waals surface area contributed by atoms with E-state index in [1.165, 1.54) is 11.1 Å². The second-order valence-corrected chi connectivity index (χ2v) is 4.91. The second-order valence-electron chi connectivity index (χ2n) is 4.91. The summed E-state index contributed by atoms with van der Waals surface area (Å²) in [6, 6.07) is 8.52. The van der Waals surface area contributed by atoms with Gasteiger partial charge in [0, 0.05) is 0 Å². The molecular formula is C14H18O2. The lowest BCUT2D eigenvalue weighted by molar-refractivity contribution is -0.141. The molecule has 2 atom stereocenters. The molecular weight excluding hydrogens is 200 g/mol. The first-order chi connectivity index (χ1) is 7.65. The number of aryl methyl sites for hydroxylation is 1. The zero-order valence-corrected chi connectivity index (χ0v) is 9.65. The highest BCUT2D eigenvalue weighted by atomic mass is 16.4. The summed E-state index contributed by atoms with van der Waals surface area (Å²) in [5.41, 5.74) is 2.63. The Labute approximate surface area is 96.3 Å². The fourth-order valence-electron chi connectivity index (χ4n) is 2.66. The van der Waals surface area contributed by atoms with E-state index in [0.29, 0.717) is 5.92 Å². The maximum atomic E-state index is 10.9. The van der Waals surface area contributed by atoms with E-state index in [2.05, 4.69) is 31.2 Å². The number of carboxylic acid groups (broad SMARTS) is 1. The van der Waals surface area contributed by atoms with Crippen LogP contribution in [0, 0.1) is 18.8 Å². The van der Waals surface area contributed by atoms with E-state index in [0.717, 1.165) is 25.7 Å². The predicted octanol–water partition coefficient (Wildman–Crippen LogP) is 3.04. The average Bonchev–Trinajstić information content (AvgIpc) is 2.66. The van der Waals surface area contributed by atoms with Gasteiger partial charge in [0.2, 0.25) is 0 Å². The van der Waals surface area contributed by atoms with Crippen LogP contribution in [0.2, 0.25) is 0 Å². The van der Waals surface area contributed by atoms with Gasteiger partial charge in [-0.15, -0.1) is 0 Å². The molecule has 1 saturated carbocycles. The lowest BCUT2D eigenvalue weighted by atomic mass is 9.96. The van der Waals surface area contributed by atoms with Crippen molar-refractivity contribution in [3.05, 3.63) is 35.4 Å². The van der Waals surface area contributed by atoms with Gasteiger partial charge in [-0.2, -0.15) is 0 Å². The van der Waals surface area contributed by atoms with Crippen LogP contribution in [0.5, 0.6) is 0 Å². The molecule has 1 aromatic rings. The van der Waals surface area contributed by atoms with Crippen molar-refractivity contribution in [3.63, 3.8) is 0 Å². The van der Waals surface area contributed by atoms with Crippen LogP contribution in [0.1, 0.15) is 30.4 Å². The highest BCUT2D eigenvalue weighted by Gasteiger charge is 2.29. The van der Waals surface area contributed by atoms with Gasteiger partial charge in [-0.3, -0.25) is 4.79 Å². The lowest BCUT2D eigenvalue weighted by Crippen LogP contribution is -2.10. The third-order valence-electron chi connectivity index (χ3n) is 3.50. The normalized spacial score (nSPS) is 24.6. The lowest BCUT2D eigenvalue weighted by Gasteiger charge is -2.09. The predicted molar refractivity (Wildman–Crippen MR) is 63.3 cm³/mol. The SMILES string of the molecule is Cc1cccc(C[C@@H]2CC[C@@H](C(=O)O)C2)c1. The topological polar surface area (TPSA) is 37.3 Å². The standard InChI is InChI=1S/C14H18O2/c1-10-3-2-4-11(7-10)8-12-5-6-13(9-12)14(15)16/h2-4,7,12-13H,5-6,8-9H2,1H3,(H,15,16)/t12-,13+/m0/s1. The quantitative estimate of drug-likeness (QED) is 0.846. The van der Waals surface area contributed by atoms with Crippen molar-refractivity contribution in [2.45, 2.75) is 32.6 Å². The largest absolute Gasteiger partial charge is 0.481 e.